The Hall–Kier alpha value is -2.27. The Kier molecular flexibility index (Phi) is 3.43. The number of hydrogen-bond acceptors (Lipinski definition) is 4. The monoisotopic (exact) mass is 283 g/mol. The smallest absolute Gasteiger partial charge is 0.0705 e. The van der Waals surface area contributed by atoms with Crippen molar-refractivity contribution in [2.75, 3.05) is 5.73 Å². The number of rotatable bonds is 3. The molecular weight excluding hydrogens is 270 g/mol. The number of nitrogens with zero attached hydrogens (tertiary/aromatic N) is 2. The number of aromatic nitrogens is 2. The van der Waals surface area contributed by atoms with Gasteiger partial charge in [-0.25, -0.2) is 0 Å². The molecule has 0 spiro atoms. The van der Waals surface area contributed by atoms with Gasteiger partial charge in [0.2, 0.25) is 0 Å². The number of nitrogen functional groups attached to an aromatic ring is 1. The van der Waals surface area contributed by atoms with E-state index in [2.05, 4.69) is 9.97 Å². The summed E-state index contributed by atoms with van der Waals surface area (Å²) in [5.74, 6) is 0.414. The summed E-state index contributed by atoms with van der Waals surface area (Å²) in [6.07, 6.45) is 4.87. The van der Waals surface area contributed by atoms with Gasteiger partial charge in [-0.15, -0.1) is 0 Å². The van der Waals surface area contributed by atoms with Gasteiger partial charge in [0.25, 0.3) is 0 Å². The molecule has 0 aliphatic heterocycles. The Balaban J connectivity index is 1.98. The summed E-state index contributed by atoms with van der Waals surface area (Å²) in [6.45, 7) is 0. The van der Waals surface area contributed by atoms with E-state index in [4.69, 9.17) is 5.73 Å². The summed E-state index contributed by atoms with van der Waals surface area (Å²) < 4.78 is 12.5. The van der Waals surface area contributed by atoms with Crippen molar-refractivity contribution in [3.63, 3.8) is 0 Å². The van der Waals surface area contributed by atoms with Crippen LogP contribution in [0.3, 0.4) is 0 Å². The molecule has 0 amide bonds. The topological polar surface area (TPSA) is 68.9 Å². The van der Waals surface area contributed by atoms with Crippen LogP contribution in [0.25, 0.3) is 10.9 Å². The molecule has 0 fully saturated rings. The molecule has 0 bridgehead atoms. The second-order valence-electron chi connectivity index (χ2n) is 4.39. The van der Waals surface area contributed by atoms with E-state index in [0.29, 0.717) is 16.3 Å². The van der Waals surface area contributed by atoms with E-state index in [1.807, 2.05) is 30.3 Å². The van der Waals surface area contributed by atoms with Crippen LogP contribution in [0.1, 0.15) is 5.56 Å². The van der Waals surface area contributed by atoms with Crippen LogP contribution in [0.15, 0.2) is 59.9 Å². The predicted molar refractivity (Wildman–Crippen MR) is 80.5 cm³/mol. The fourth-order valence-electron chi connectivity index (χ4n) is 2.10. The Morgan fingerprint density at radius 3 is 2.80 bits per heavy atom. The van der Waals surface area contributed by atoms with Crippen molar-refractivity contribution >= 4 is 27.4 Å². The first-order chi connectivity index (χ1) is 9.75. The summed E-state index contributed by atoms with van der Waals surface area (Å²) in [5, 5.41) is 1.02. The third-order valence-electron chi connectivity index (χ3n) is 3.08. The molecule has 1 unspecified atom stereocenters. The lowest BCUT2D eigenvalue weighted by atomic mass is 10.1. The molecule has 1 atom stereocenters. The number of nitrogens with two attached hydrogens (primary N) is 1. The van der Waals surface area contributed by atoms with E-state index in [1.54, 1.807) is 18.5 Å². The van der Waals surface area contributed by atoms with Crippen molar-refractivity contribution in [3.05, 3.63) is 60.6 Å². The first-order valence-electron chi connectivity index (χ1n) is 6.16. The highest BCUT2D eigenvalue weighted by Crippen LogP contribution is 2.22. The highest BCUT2D eigenvalue weighted by molar-refractivity contribution is 7.84. The van der Waals surface area contributed by atoms with Gasteiger partial charge in [0.1, 0.15) is 0 Å². The molecule has 0 saturated carbocycles. The van der Waals surface area contributed by atoms with Gasteiger partial charge in [-0.3, -0.25) is 14.2 Å². The van der Waals surface area contributed by atoms with Crippen molar-refractivity contribution in [1.82, 2.24) is 9.97 Å². The van der Waals surface area contributed by atoms with E-state index >= 15 is 0 Å². The van der Waals surface area contributed by atoms with E-state index < -0.39 is 10.8 Å². The second-order valence-corrected chi connectivity index (χ2v) is 5.81. The summed E-state index contributed by atoms with van der Waals surface area (Å²) in [4.78, 5) is 8.85. The fourth-order valence-corrected chi connectivity index (χ4v) is 3.32. The Morgan fingerprint density at radius 2 is 1.95 bits per heavy atom. The van der Waals surface area contributed by atoms with Gasteiger partial charge in [0.05, 0.1) is 38.8 Å². The van der Waals surface area contributed by atoms with Crippen LogP contribution in [0.2, 0.25) is 0 Å². The van der Waals surface area contributed by atoms with Gasteiger partial charge < -0.3 is 5.73 Å². The average molecular weight is 283 g/mol. The first-order valence-corrected chi connectivity index (χ1v) is 7.48. The molecule has 0 saturated heterocycles. The van der Waals surface area contributed by atoms with Crippen LogP contribution in [-0.2, 0) is 16.6 Å². The van der Waals surface area contributed by atoms with Crippen LogP contribution in [0, 0.1) is 0 Å². The van der Waals surface area contributed by atoms with E-state index in [1.165, 1.54) is 6.20 Å². The summed E-state index contributed by atoms with van der Waals surface area (Å²) in [5.41, 5.74) is 8.19. The van der Waals surface area contributed by atoms with Gasteiger partial charge >= 0.3 is 0 Å². The maximum atomic E-state index is 12.5. The molecule has 3 aromatic rings. The van der Waals surface area contributed by atoms with Crippen LogP contribution >= 0.6 is 0 Å². The lowest BCUT2D eigenvalue weighted by Gasteiger charge is -2.07. The van der Waals surface area contributed by atoms with Gasteiger partial charge in [-0.2, -0.15) is 0 Å². The van der Waals surface area contributed by atoms with Gasteiger partial charge in [-0.1, -0.05) is 18.2 Å². The van der Waals surface area contributed by atoms with E-state index in [-0.39, 0.29) is 0 Å². The maximum absolute atomic E-state index is 12.5. The summed E-state index contributed by atoms with van der Waals surface area (Å²) in [7, 11) is -1.19. The van der Waals surface area contributed by atoms with Crippen LogP contribution < -0.4 is 5.73 Å². The highest BCUT2D eigenvalue weighted by atomic mass is 32.2. The maximum Gasteiger partial charge on any atom is 0.0705 e. The van der Waals surface area contributed by atoms with Gasteiger partial charge in [-0.05, 0) is 23.8 Å². The SMILES string of the molecule is Nc1cnccc1S(=O)Cc1ccnc2ccccc12. The van der Waals surface area contributed by atoms with Crippen molar-refractivity contribution in [1.29, 1.82) is 0 Å². The standard InChI is InChI=1S/C15H13N3OS/c16-13-9-17-7-6-15(13)20(19)10-11-5-8-18-14-4-2-1-3-12(11)14/h1-9H,10,16H2. The van der Waals surface area contributed by atoms with Crippen molar-refractivity contribution in [3.8, 4) is 0 Å². The molecule has 0 radical (unpaired) electrons. The molecule has 100 valence electrons. The van der Waals surface area contributed by atoms with Crippen molar-refractivity contribution in [2.24, 2.45) is 0 Å². The molecule has 3 rings (SSSR count). The molecule has 0 aliphatic rings. The minimum absolute atomic E-state index is 0.414. The molecule has 2 aromatic heterocycles. The minimum Gasteiger partial charge on any atom is -0.396 e. The zero-order chi connectivity index (χ0) is 13.9. The average Bonchev–Trinajstić information content (AvgIpc) is 2.48. The Bertz CT molecular complexity index is 783. The van der Waals surface area contributed by atoms with Gasteiger partial charge in [0.15, 0.2) is 0 Å². The molecule has 2 N–H and O–H groups in total. The van der Waals surface area contributed by atoms with Crippen LogP contribution in [0.4, 0.5) is 5.69 Å². The molecule has 1 aromatic carbocycles. The van der Waals surface area contributed by atoms with E-state index in [0.717, 1.165) is 16.5 Å². The van der Waals surface area contributed by atoms with E-state index in [9.17, 15) is 4.21 Å². The number of anilines is 1. The van der Waals surface area contributed by atoms with Crippen LogP contribution in [-0.4, -0.2) is 14.2 Å². The fraction of sp³-hybridized carbons (Fsp3) is 0.0667. The largest absolute Gasteiger partial charge is 0.396 e. The molecule has 0 aliphatic carbocycles. The van der Waals surface area contributed by atoms with Gasteiger partial charge in [0, 0.05) is 17.8 Å². The third kappa shape index (κ3) is 2.40. The lowest BCUT2D eigenvalue weighted by Crippen LogP contribution is -2.02. The quantitative estimate of drug-likeness (QED) is 0.802. The molecule has 20 heavy (non-hydrogen) atoms. The Labute approximate surface area is 119 Å². The zero-order valence-electron chi connectivity index (χ0n) is 10.7. The predicted octanol–water partition coefficient (Wildman–Crippen LogP) is 2.52. The summed E-state index contributed by atoms with van der Waals surface area (Å²) >= 11 is 0. The van der Waals surface area contributed by atoms with Crippen molar-refractivity contribution < 1.29 is 4.21 Å². The third-order valence-corrected chi connectivity index (χ3v) is 4.52. The summed E-state index contributed by atoms with van der Waals surface area (Å²) in [6, 6.07) is 11.4. The number of pyridine rings is 2. The lowest BCUT2D eigenvalue weighted by molar-refractivity contribution is 0.683. The van der Waals surface area contributed by atoms with Crippen molar-refractivity contribution in [2.45, 2.75) is 10.6 Å². The molecular formula is C15H13N3OS. The molecule has 5 heteroatoms. The number of fused-ring (bicyclic) bond motifs is 1. The number of benzene rings is 1. The zero-order valence-corrected chi connectivity index (χ0v) is 11.5. The second kappa shape index (κ2) is 5.38. The first kappa shape index (κ1) is 12.7. The highest BCUT2D eigenvalue weighted by Gasteiger charge is 2.10. The van der Waals surface area contributed by atoms with Crippen LogP contribution in [0.5, 0.6) is 0 Å². The molecule has 4 nitrogen and oxygen atoms in total. The normalized spacial score (nSPS) is 12.4. The Morgan fingerprint density at radius 1 is 1.10 bits per heavy atom. The number of para-hydroxylation sites is 1. The minimum atomic E-state index is -1.19. The molecule has 2 heterocycles. The number of hydrogen-bond donors (Lipinski definition) is 1.